The minimum atomic E-state index is -0.738. The number of hydrogen-bond acceptors (Lipinski definition) is 4. The van der Waals surface area contributed by atoms with Crippen molar-refractivity contribution >= 4 is 34.6 Å². The largest absolute Gasteiger partial charge is 0.481 e. The Morgan fingerprint density at radius 1 is 0.714 bits per heavy atom. The molecule has 1 atom stereocenters. The van der Waals surface area contributed by atoms with E-state index in [2.05, 4.69) is 16.0 Å². The number of aryl methyl sites for hydroxylation is 1. The lowest BCUT2D eigenvalue weighted by Gasteiger charge is -2.17. The minimum Gasteiger partial charge on any atom is -0.481 e. The Labute approximate surface area is 205 Å². The fraction of sp³-hybridized carbons (Fsp3) is 0.103. The van der Waals surface area contributed by atoms with Crippen LogP contribution in [0.3, 0.4) is 0 Å². The molecule has 4 aromatic carbocycles. The minimum absolute atomic E-state index is 0.322. The molecule has 2 amide bonds. The molecule has 0 radical (unpaired) electrons. The maximum Gasteiger partial charge on any atom is 0.265 e. The molecule has 4 rings (SSSR count). The molecule has 4 aromatic rings. The Morgan fingerprint density at radius 2 is 1.37 bits per heavy atom. The molecule has 0 saturated heterocycles. The SMILES string of the molecule is Cc1cccc(OC(C)C(=O)Nc2ccccc2C(=O)Nc2ccc(Nc3ccccc3)cc2)c1. The van der Waals surface area contributed by atoms with E-state index in [9.17, 15) is 9.59 Å². The van der Waals surface area contributed by atoms with Gasteiger partial charge in [0.2, 0.25) is 0 Å². The number of hydrogen-bond donors (Lipinski definition) is 3. The van der Waals surface area contributed by atoms with Crippen molar-refractivity contribution in [3.05, 3.63) is 114 Å². The van der Waals surface area contributed by atoms with E-state index in [4.69, 9.17) is 4.74 Å². The van der Waals surface area contributed by atoms with E-state index >= 15 is 0 Å². The van der Waals surface area contributed by atoms with Gasteiger partial charge in [-0.1, -0.05) is 42.5 Å². The van der Waals surface area contributed by atoms with Crippen LogP contribution in [0.5, 0.6) is 5.75 Å². The number of carbonyl (C=O) groups is 2. The van der Waals surface area contributed by atoms with Crippen molar-refractivity contribution in [3.8, 4) is 5.75 Å². The van der Waals surface area contributed by atoms with Crippen LogP contribution >= 0.6 is 0 Å². The van der Waals surface area contributed by atoms with Crippen molar-refractivity contribution < 1.29 is 14.3 Å². The topological polar surface area (TPSA) is 79.5 Å². The predicted octanol–water partition coefficient (Wildman–Crippen LogP) is 6.40. The Kier molecular flexibility index (Phi) is 7.43. The summed E-state index contributed by atoms with van der Waals surface area (Å²) in [5.74, 6) is -0.0519. The first-order valence-corrected chi connectivity index (χ1v) is 11.3. The quantitative estimate of drug-likeness (QED) is 0.281. The summed E-state index contributed by atoms with van der Waals surface area (Å²) in [5, 5.41) is 9.01. The molecular weight excluding hydrogens is 438 g/mol. The number of carbonyl (C=O) groups excluding carboxylic acids is 2. The van der Waals surface area contributed by atoms with Gasteiger partial charge in [-0.3, -0.25) is 9.59 Å². The standard InChI is InChI=1S/C29H27N3O3/c1-20-9-8-12-25(19-20)35-21(2)28(33)32-27-14-7-6-13-26(27)29(34)31-24-17-15-23(16-18-24)30-22-10-4-3-5-11-22/h3-19,21,30H,1-2H3,(H,31,34)(H,32,33). The Hall–Kier alpha value is -4.58. The average molecular weight is 466 g/mol. The average Bonchev–Trinajstić information content (AvgIpc) is 2.86. The molecule has 3 N–H and O–H groups in total. The van der Waals surface area contributed by atoms with Crippen molar-refractivity contribution in [1.29, 1.82) is 0 Å². The molecule has 1 unspecified atom stereocenters. The summed E-state index contributed by atoms with van der Waals surface area (Å²) in [7, 11) is 0. The number of anilines is 4. The lowest BCUT2D eigenvalue weighted by Crippen LogP contribution is -2.31. The lowest BCUT2D eigenvalue weighted by atomic mass is 10.1. The second kappa shape index (κ2) is 11.0. The summed E-state index contributed by atoms with van der Waals surface area (Å²) in [5.41, 5.74) is 4.35. The van der Waals surface area contributed by atoms with Crippen molar-refractivity contribution in [2.45, 2.75) is 20.0 Å². The van der Waals surface area contributed by atoms with Crippen molar-refractivity contribution in [2.75, 3.05) is 16.0 Å². The fourth-order valence-corrected chi connectivity index (χ4v) is 3.49. The third kappa shape index (κ3) is 6.48. The Bertz CT molecular complexity index is 1300. The van der Waals surface area contributed by atoms with Gasteiger partial charge in [0.05, 0.1) is 11.3 Å². The Balaban J connectivity index is 1.39. The van der Waals surface area contributed by atoms with Gasteiger partial charge >= 0.3 is 0 Å². The van der Waals surface area contributed by atoms with Crippen molar-refractivity contribution in [2.24, 2.45) is 0 Å². The molecule has 0 heterocycles. The van der Waals surface area contributed by atoms with Crippen LogP contribution in [-0.4, -0.2) is 17.9 Å². The molecule has 0 spiro atoms. The summed E-state index contributed by atoms with van der Waals surface area (Å²) in [6.07, 6.45) is -0.738. The van der Waals surface area contributed by atoms with Gasteiger partial charge in [0.15, 0.2) is 6.10 Å². The predicted molar refractivity (Wildman–Crippen MR) is 140 cm³/mol. The van der Waals surface area contributed by atoms with Crippen LogP contribution in [0.2, 0.25) is 0 Å². The zero-order valence-electron chi connectivity index (χ0n) is 19.6. The van der Waals surface area contributed by atoms with Gasteiger partial charge in [0, 0.05) is 17.1 Å². The highest BCUT2D eigenvalue weighted by Crippen LogP contribution is 2.22. The van der Waals surface area contributed by atoms with E-state index in [0.29, 0.717) is 22.7 Å². The second-order valence-corrected chi connectivity index (χ2v) is 8.13. The molecule has 0 bridgehead atoms. The molecule has 0 fully saturated rings. The zero-order chi connectivity index (χ0) is 24.6. The number of para-hydroxylation sites is 2. The van der Waals surface area contributed by atoms with Crippen LogP contribution in [-0.2, 0) is 4.79 Å². The number of benzene rings is 4. The molecule has 0 aliphatic heterocycles. The highest BCUT2D eigenvalue weighted by atomic mass is 16.5. The molecule has 35 heavy (non-hydrogen) atoms. The summed E-state index contributed by atoms with van der Waals surface area (Å²) >= 11 is 0. The van der Waals surface area contributed by atoms with E-state index in [0.717, 1.165) is 16.9 Å². The smallest absolute Gasteiger partial charge is 0.265 e. The monoisotopic (exact) mass is 465 g/mol. The van der Waals surface area contributed by atoms with E-state index < -0.39 is 6.10 Å². The number of ether oxygens (including phenoxy) is 1. The van der Waals surface area contributed by atoms with Gasteiger partial charge in [0.25, 0.3) is 11.8 Å². The number of amides is 2. The molecule has 0 aromatic heterocycles. The summed E-state index contributed by atoms with van der Waals surface area (Å²) in [6, 6.07) is 31.7. The van der Waals surface area contributed by atoms with Gasteiger partial charge in [-0.25, -0.2) is 0 Å². The molecule has 0 saturated carbocycles. The van der Waals surface area contributed by atoms with Crippen LogP contribution in [0.4, 0.5) is 22.7 Å². The van der Waals surface area contributed by atoms with Gasteiger partial charge in [-0.05, 0) is 80.1 Å². The van der Waals surface area contributed by atoms with E-state index in [1.165, 1.54) is 0 Å². The zero-order valence-corrected chi connectivity index (χ0v) is 19.6. The maximum absolute atomic E-state index is 13.0. The van der Waals surface area contributed by atoms with Crippen LogP contribution in [0, 0.1) is 6.92 Å². The number of rotatable bonds is 8. The van der Waals surface area contributed by atoms with Crippen LogP contribution < -0.4 is 20.7 Å². The first kappa shape index (κ1) is 23.6. The highest BCUT2D eigenvalue weighted by Gasteiger charge is 2.18. The van der Waals surface area contributed by atoms with Gasteiger partial charge in [-0.15, -0.1) is 0 Å². The van der Waals surface area contributed by atoms with Gasteiger partial charge < -0.3 is 20.7 Å². The van der Waals surface area contributed by atoms with Gasteiger partial charge in [-0.2, -0.15) is 0 Å². The van der Waals surface area contributed by atoms with E-state index in [1.807, 2.05) is 79.7 Å². The first-order chi connectivity index (χ1) is 17.0. The summed E-state index contributed by atoms with van der Waals surface area (Å²) in [6.45, 7) is 3.63. The fourth-order valence-electron chi connectivity index (χ4n) is 3.49. The molecule has 6 nitrogen and oxygen atoms in total. The van der Waals surface area contributed by atoms with Crippen molar-refractivity contribution in [3.63, 3.8) is 0 Å². The lowest BCUT2D eigenvalue weighted by molar-refractivity contribution is -0.122. The van der Waals surface area contributed by atoms with Crippen LogP contribution in [0.25, 0.3) is 0 Å². The van der Waals surface area contributed by atoms with Crippen molar-refractivity contribution in [1.82, 2.24) is 0 Å². The summed E-state index contributed by atoms with van der Waals surface area (Å²) < 4.78 is 5.76. The normalized spacial score (nSPS) is 11.3. The molecule has 0 aliphatic carbocycles. The van der Waals surface area contributed by atoms with E-state index in [-0.39, 0.29) is 11.8 Å². The maximum atomic E-state index is 13.0. The number of nitrogens with one attached hydrogen (secondary N) is 3. The molecular formula is C29H27N3O3. The molecule has 0 aliphatic rings. The summed E-state index contributed by atoms with van der Waals surface area (Å²) in [4.78, 5) is 25.7. The first-order valence-electron chi connectivity index (χ1n) is 11.3. The van der Waals surface area contributed by atoms with Crippen LogP contribution in [0.1, 0.15) is 22.8 Å². The van der Waals surface area contributed by atoms with Gasteiger partial charge in [0.1, 0.15) is 5.75 Å². The third-order valence-electron chi connectivity index (χ3n) is 5.31. The highest BCUT2D eigenvalue weighted by molar-refractivity contribution is 6.10. The molecule has 6 heteroatoms. The second-order valence-electron chi connectivity index (χ2n) is 8.13. The Morgan fingerprint density at radius 3 is 2.11 bits per heavy atom. The third-order valence-corrected chi connectivity index (χ3v) is 5.31. The van der Waals surface area contributed by atoms with Crippen LogP contribution in [0.15, 0.2) is 103 Å². The van der Waals surface area contributed by atoms with E-state index in [1.54, 1.807) is 37.3 Å². The molecule has 176 valence electrons.